The molecule has 1 rings (SSSR count). The molecule has 0 aromatic heterocycles. The summed E-state index contributed by atoms with van der Waals surface area (Å²) in [7, 11) is 0.300. The van der Waals surface area contributed by atoms with Crippen molar-refractivity contribution in [3.05, 3.63) is 23.8 Å². The Kier molecular flexibility index (Phi) is 5.98. The van der Waals surface area contributed by atoms with Crippen LogP contribution in [0.4, 0.5) is 11.4 Å². The first-order valence-corrected chi connectivity index (χ1v) is 7.37. The van der Waals surface area contributed by atoms with Crippen LogP contribution in [0.3, 0.4) is 0 Å². The van der Waals surface area contributed by atoms with Crippen LogP contribution in [-0.4, -0.2) is 34.8 Å². The van der Waals surface area contributed by atoms with Gasteiger partial charge in [-0.05, 0) is 37.6 Å². The quantitative estimate of drug-likeness (QED) is 0.771. The lowest BCUT2D eigenvalue weighted by atomic mass is 10.2. The van der Waals surface area contributed by atoms with Gasteiger partial charge in [0.15, 0.2) is 0 Å². The molecule has 2 unspecified atom stereocenters. The molecule has 1 aromatic carbocycles. The maximum absolute atomic E-state index is 12.0. The van der Waals surface area contributed by atoms with E-state index in [9.17, 15) is 9.00 Å². The summed E-state index contributed by atoms with van der Waals surface area (Å²) in [5.41, 5.74) is 7.86. The van der Waals surface area contributed by atoms with Crippen LogP contribution < -0.4 is 11.1 Å². The highest BCUT2D eigenvalue weighted by molar-refractivity contribution is 7.86. The molecule has 0 saturated heterocycles. The van der Waals surface area contributed by atoms with Crippen molar-refractivity contribution >= 4 is 28.1 Å². The van der Waals surface area contributed by atoms with Gasteiger partial charge < -0.3 is 15.8 Å². The molecular formula is C13H20N2O3S. The third-order valence-electron chi connectivity index (χ3n) is 2.76. The number of nitrogens with one attached hydrogen (secondary N) is 1. The van der Waals surface area contributed by atoms with Crippen molar-refractivity contribution in [1.29, 1.82) is 0 Å². The number of aryl methyl sites for hydroxylation is 1. The average molecular weight is 284 g/mol. The lowest BCUT2D eigenvalue weighted by Crippen LogP contribution is -2.31. The van der Waals surface area contributed by atoms with E-state index in [1.54, 1.807) is 32.2 Å². The van der Waals surface area contributed by atoms with E-state index in [2.05, 4.69) is 5.32 Å². The number of hydrogen-bond acceptors (Lipinski definition) is 4. The van der Waals surface area contributed by atoms with Crippen LogP contribution in [0.1, 0.15) is 12.5 Å². The summed E-state index contributed by atoms with van der Waals surface area (Å²) in [6.45, 7) is 3.89. The first kappa shape index (κ1) is 15.7. The van der Waals surface area contributed by atoms with Crippen molar-refractivity contribution in [1.82, 2.24) is 0 Å². The van der Waals surface area contributed by atoms with Crippen molar-refractivity contribution in [2.45, 2.75) is 19.1 Å². The zero-order valence-electron chi connectivity index (χ0n) is 11.4. The highest BCUT2D eigenvalue weighted by atomic mass is 32.2. The molecule has 0 saturated carbocycles. The van der Waals surface area contributed by atoms with E-state index in [0.717, 1.165) is 5.56 Å². The van der Waals surface area contributed by atoms with E-state index >= 15 is 0 Å². The molecule has 0 aliphatic carbocycles. The van der Waals surface area contributed by atoms with Crippen LogP contribution in [0, 0.1) is 6.92 Å². The SMILES string of the molecule is COCCS(=O)C(C)C(=O)Nc1ccc(N)cc1C. The Hall–Kier alpha value is -1.40. The number of anilines is 2. The van der Waals surface area contributed by atoms with E-state index in [0.29, 0.717) is 23.7 Å². The van der Waals surface area contributed by atoms with E-state index in [1.165, 1.54) is 0 Å². The van der Waals surface area contributed by atoms with Gasteiger partial charge in [0.1, 0.15) is 5.25 Å². The lowest BCUT2D eigenvalue weighted by molar-refractivity contribution is -0.115. The fourth-order valence-electron chi connectivity index (χ4n) is 1.52. The van der Waals surface area contributed by atoms with Gasteiger partial charge in [0.05, 0.1) is 6.61 Å². The van der Waals surface area contributed by atoms with Crippen LogP contribution in [0.5, 0.6) is 0 Å². The van der Waals surface area contributed by atoms with Gasteiger partial charge in [0, 0.05) is 35.0 Å². The number of nitrogen functional groups attached to an aromatic ring is 1. The Bertz CT molecular complexity index is 477. The molecule has 0 bridgehead atoms. The normalized spacial score (nSPS) is 13.8. The molecule has 6 heteroatoms. The molecule has 19 heavy (non-hydrogen) atoms. The Morgan fingerprint density at radius 2 is 2.21 bits per heavy atom. The maximum atomic E-state index is 12.0. The number of rotatable bonds is 6. The molecule has 0 spiro atoms. The van der Waals surface area contributed by atoms with E-state index in [-0.39, 0.29) is 5.91 Å². The Morgan fingerprint density at radius 3 is 2.79 bits per heavy atom. The predicted octanol–water partition coefficient (Wildman–Crippen LogP) is 1.30. The van der Waals surface area contributed by atoms with Crippen LogP contribution in [-0.2, 0) is 20.3 Å². The minimum atomic E-state index is -1.24. The Morgan fingerprint density at radius 1 is 1.53 bits per heavy atom. The van der Waals surface area contributed by atoms with E-state index in [4.69, 9.17) is 10.5 Å². The number of ether oxygens (including phenoxy) is 1. The first-order chi connectivity index (χ1) is 8.95. The molecule has 106 valence electrons. The molecular weight excluding hydrogens is 264 g/mol. The second-order valence-electron chi connectivity index (χ2n) is 4.28. The number of methoxy groups -OCH3 is 1. The van der Waals surface area contributed by atoms with Gasteiger partial charge in [-0.1, -0.05) is 0 Å². The fourth-order valence-corrected chi connectivity index (χ4v) is 2.51. The van der Waals surface area contributed by atoms with Gasteiger partial charge in [0.2, 0.25) is 5.91 Å². The fraction of sp³-hybridized carbons (Fsp3) is 0.462. The summed E-state index contributed by atoms with van der Waals surface area (Å²) >= 11 is 0. The third-order valence-corrected chi connectivity index (χ3v) is 4.33. The average Bonchev–Trinajstić information content (AvgIpc) is 2.38. The topological polar surface area (TPSA) is 81.4 Å². The second-order valence-corrected chi connectivity index (χ2v) is 6.16. The van der Waals surface area contributed by atoms with Crippen molar-refractivity contribution in [2.75, 3.05) is 30.5 Å². The highest BCUT2D eigenvalue weighted by Gasteiger charge is 2.20. The molecule has 0 heterocycles. The van der Waals surface area contributed by atoms with Crippen molar-refractivity contribution in [3.63, 3.8) is 0 Å². The van der Waals surface area contributed by atoms with Crippen LogP contribution >= 0.6 is 0 Å². The largest absolute Gasteiger partial charge is 0.399 e. The van der Waals surface area contributed by atoms with Gasteiger partial charge >= 0.3 is 0 Å². The molecule has 3 N–H and O–H groups in total. The number of carbonyl (C=O) groups excluding carboxylic acids is 1. The zero-order valence-corrected chi connectivity index (χ0v) is 12.3. The van der Waals surface area contributed by atoms with Gasteiger partial charge in [-0.3, -0.25) is 9.00 Å². The van der Waals surface area contributed by atoms with Gasteiger partial charge in [0.25, 0.3) is 0 Å². The molecule has 0 radical (unpaired) electrons. The number of hydrogen-bond donors (Lipinski definition) is 2. The van der Waals surface area contributed by atoms with E-state index < -0.39 is 16.0 Å². The van der Waals surface area contributed by atoms with Gasteiger partial charge in [-0.25, -0.2) is 0 Å². The molecule has 1 aromatic rings. The number of nitrogens with two attached hydrogens (primary N) is 1. The van der Waals surface area contributed by atoms with E-state index in [1.807, 2.05) is 6.92 Å². The number of amides is 1. The summed E-state index contributed by atoms with van der Waals surface area (Å²) < 4.78 is 16.7. The van der Waals surface area contributed by atoms with Crippen LogP contribution in [0.15, 0.2) is 18.2 Å². The molecule has 0 aliphatic heterocycles. The Balaban J connectivity index is 2.66. The summed E-state index contributed by atoms with van der Waals surface area (Å²) in [6, 6.07) is 5.24. The summed E-state index contributed by atoms with van der Waals surface area (Å²) in [5.74, 6) is 0.0912. The van der Waals surface area contributed by atoms with Gasteiger partial charge in [-0.15, -0.1) is 0 Å². The third kappa shape index (κ3) is 4.65. The zero-order chi connectivity index (χ0) is 14.4. The minimum absolute atomic E-state index is 0.262. The highest BCUT2D eigenvalue weighted by Crippen LogP contribution is 2.18. The minimum Gasteiger partial charge on any atom is -0.399 e. The number of carbonyl (C=O) groups is 1. The summed E-state index contributed by atoms with van der Waals surface area (Å²) in [4.78, 5) is 12.0. The maximum Gasteiger partial charge on any atom is 0.239 e. The molecule has 0 aliphatic rings. The summed E-state index contributed by atoms with van der Waals surface area (Å²) in [5, 5.41) is 2.19. The molecule has 0 fully saturated rings. The van der Waals surface area contributed by atoms with Crippen molar-refractivity contribution in [3.8, 4) is 0 Å². The van der Waals surface area contributed by atoms with Crippen molar-refractivity contribution < 1.29 is 13.7 Å². The monoisotopic (exact) mass is 284 g/mol. The lowest BCUT2D eigenvalue weighted by Gasteiger charge is -2.13. The summed E-state index contributed by atoms with van der Waals surface area (Å²) in [6.07, 6.45) is 0. The first-order valence-electron chi connectivity index (χ1n) is 5.98. The van der Waals surface area contributed by atoms with Crippen LogP contribution in [0.2, 0.25) is 0 Å². The predicted molar refractivity (Wildman–Crippen MR) is 78.6 cm³/mol. The molecule has 5 nitrogen and oxygen atoms in total. The second kappa shape index (κ2) is 7.25. The van der Waals surface area contributed by atoms with Gasteiger partial charge in [-0.2, -0.15) is 0 Å². The Labute approximate surface area is 116 Å². The molecule has 1 amide bonds. The van der Waals surface area contributed by atoms with Crippen LogP contribution in [0.25, 0.3) is 0 Å². The number of benzene rings is 1. The molecule has 2 atom stereocenters. The standard InChI is InChI=1S/C13H20N2O3S/c1-9-8-11(14)4-5-12(9)15-13(16)10(2)19(17)7-6-18-3/h4-5,8,10H,6-7,14H2,1-3H3,(H,15,16). The smallest absolute Gasteiger partial charge is 0.239 e. The van der Waals surface area contributed by atoms with Crippen molar-refractivity contribution in [2.24, 2.45) is 0 Å².